The van der Waals surface area contributed by atoms with E-state index in [0.717, 1.165) is 45.2 Å². The van der Waals surface area contributed by atoms with E-state index in [-0.39, 0.29) is 17.5 Å². The minimum absolute atomic E-state index is 0.000107. The highest BCUT2D eigenvalue weighted by atomic mass is 16.5. The van der Waals surface area contributed by atoms with Crippen LogP contribution in [-0.2, 0) is 0 Å². The molecule has 102 valence electrons. The minimum Gasteiger partial charge on any atom is -0.339 e. The molecular weight excluding hydrogens is 242 g/mol. The maximum absolute atomic E-state index is 12.2. The van der Waals surface area contributed by atoms with Crippen molar-refractivity contribution in [3.05, 3.63) is 23.9 Å². The van der Waals surface area contributed by atoms with Crippen LogP contribution in [0.4, 0.5) is 0 Å². The lowest BCUT2D eigenvalue weighted by Gasteiger charge is -2.18. The van der Waals surface area contributed by atoms with Crippen molar-refractivity contribution in [2.45, 2.75) is 38.0 Å². The molecule has 1 aliphatic heterocycles. The normalized spacial score (nSPS) is 24.5. The molecule has 2 aliphatic rings. The summed E-state index contributed by atoms with van der Waals surface area (Å²) in [6, 6.07) is 0. The van der Waals surface area contributed by atoms with Gasteiger partial charge in [-0.05, 0) is 45.2 Å². The molecule has 0 spiro atoms. The number of hydrogen-bond donors (Lipinski definition) is 1. The summed E-state index contributed by atoms with van der Waals surface area (Å²) in [5.74, 6) is 1.12. The maximum atomic E-state index is 12.2. The summed E-state index contributed by atoms with van der Waals surface area (Å²) >= 11 is 0. The van der Waals surface area contributed by atoms with Crippen molar-refractivity contribution in [2.75, 3.05) is 13.1 Å². The Kier molecular flexibility index (Phi) is 3.73. The van der Waals surface area contributed by atoms with Gasteiger partial charge in [-0.25, -0.2) is 0 Å². The summed E-state index contributed by atoms with van der Waals surface area (Å²) in [5.41, 5.74) is 0. The highest BCUT2D eigenvalue weighted by Gasteiger charge is 2.26. The number of allylic oxidation sites excluding steroid dienone is 2. The number of nitrogens with one attached hydrogen (secondary N) is 1. The van der Waals surface area contributed by atoms with Gasteiger partial charge in [-0.3, -0.25) is 4.79 Å². The Labute approximate surface area is 112 Å². The predicted molar refractivity (Wildman–Crippen MR) is 70.0 cm³/mol. The van der Waals surface area contributed by atoms with Gasteiger partial charge >= 0.3 is 0 Å². The van der Waals surface area contributed by atoms with Crippen LogP contribution >= 0.6 is 0 Å². The van der Waals surface area contributed by atoms with Gasteiger partial charge in [-0.1, -0.05) is 17.3 Å². The fraction of sp³-hybridized carbons (Fsp3) is 0.643. The van der Waals surface area contributed by atoms with Crippen molar-refractivity contribution in [3.8, 4) is 0 Å². The van der Waals surface area contributed by atoms with Crippen molar-refractivity contribution >= 4 is 5.78 Å². The molecule has 0 amide bonds. The molecular formula is C14H19N3O2. The molecule has 2 heterocycles. The standard InChI is InChI=1S/C14H19N3O2/c18-12(10-4-2-1-3-5-10)13-16-14(19-17-13)11-6-8-15-9-7-11/h2,4,10-11,15H,1,3,5-9H2. The first kappa shape index (κ1) is 12.5. The number of piperidine rings is 1. The lowest BCUT2D eigenvalue weighted by molar-refractivity contribution is 0.0923. The summed E-state index contributed by atoms with van der Waals surface area (Å²) in [6.07, 6.45) is 9.07. The summed E-state index contributed by atoms with van der Waals surface area (Å²) in [4.78, 5) is 16.6. The molecule has 1 aromatic heterocycles. The maximum Gasteiger partial charge on any atom is 0.239 e. The fourth-order valence-corrected chi connectivity index (χ4v) is 2.77. The van der Waals surface area contributed by atoms with Crippen LogP contribution in [0.15, 0.2) is 16.7 Å². The van der Waals surface area contributed by atoms with Crippen molar-refractivity contribution in [3.63, 3.8) is 0 Å². The number of aromatic nitrogens is 2. The van der Waals surface area contributed by atoms with E-state index < -0.39 is 0 Å². The van der Waals surface area contributed by atoms with E-state index in [9.17, 15) is 4.79 Å². The molecule has 0 radical (unpaired) electrons. The van der Waals surface area contributed by atoms with E-state index >= 15 is 0 Å². The van der Waals surface area contributed by atoms with Gasteiger partial charge in [0.1, 0.15) is 0 Å². The first-order valence-corrected chi connectivity index (χ1v) is 7.10. The van der Waals surface area contributed by atoms with Gasteiger partial charge in [0.15, 0.2) is 0 Å². The van der Waals surface area contributed by atoms with Gasteiger partial charge < -0.3 is 9.84 Å². The highest BCUT2D eigenvalue weighted by molar-refractivity contribution is 5.95. The zero-order valence-electron chi connectivity index (χ0n) is 11.0. The van der Waals surface area contributed by atoms with Gasteiger partial charge in [-0.15, -0.1) is 0 Å². The van der Waals surface area contributed by atoms with E-state index in [1.54, 1.807) is 0 Å². The predicted octanol–water partition coefficient (Wildman–Crippen LogP) is 2.08. The average Bonchev–Trinajstić information content (AvgIpc) is 2.98. The zero-order valence-corrected chi connectivity index (χ0v) is 11.0. The number of carbonyl (C=O) groups excluding carboxylic acids is 1. The van der Waals surface area contributed by atoms with Gasteiger partial charge in [0.2, 0.25) is 17.5 Å². The first-order chi connectivity index (χ1) is 9.34. The average molecular weight is 261 g/mol. The zero-order chi connectivity index (χ0) is 13.1. The lowest BCUT2D eigenvalue weighted by Crippen LogP contribution is -2.26. The van der Waals surface area contributed by atoms with Gasteiger partial charge in [-0.2, -0.15) is 4.98 Å². The molecule has 1 atom stereocenters. The van der Waals surface area contributed by atoms with Crippen LogP contribution in [0.3, 0.4) is 0 Å². The van der Waals surface area contributed by atoms with Crippen LogP contribution in [0.5, 0.6) is 0 Å². The molecule has 0 bridgehead atoms. The van der Waals surface area contributed by atoms with Crippen LogP contribution in [0.25, 0.3) is 0 Å². The van der Waals surface area contributed by atoms with Crippen molar-refractivity contribution in [2.24, 2.45) is 5.92 Å². The molecule has 1 unspecified atom stereocenters. The van der Waals surface area contributed by atoms with E-state index in [1.165, 1.54) is 0 Å². The van der Waals surface area contributed by atoms with E-state index in [2.05, 4.69) is 21.5 Å². The number of Topliss-reactive ketones (excluding diaryl/α,β-unsaturated/α-hetero) is 1. The molecule has 3 rings (SSSR count). The van der Waals surface area contributed by atoms with Crippen LogP contribution in [0.1, 0.15) is 54.5 Å². The molecule has 1 aromatic rings. The molecule has 1 saturated heterocycles. The summed E-state index contributed by atoms with van der Waals surface area (Å²) in [7, 11) is 0. The largest absolute Gasteiger partial charge is 0.339 e. The third-order valence-corrected chi connectivity index (χ3v) is 3.94. The van der Waals surface area contributed by atoms with E-state index in [1.807, 2.05) is 6.08 Å². The molecule has 5 nitrogen and oxygen atoms in total. The Hall–Kier alpha value is -1.49. The summed E-state index contributed by atoms with van der Waals surface area (Å²) < 4.78 is 5.28. The number of carbonyl (C=O) groups is 1. The quantitative estimate of drug-likeness (QED) is 0.666. The molecule has 0 aromatic carbocycles. The van der Waals surface area contributed by atoms with Gasteiger partial charge in [0.25, 0.3) is 0 Å². The third kappa shape index (κ3) is 2.76. The second-order valence-corrected chi connectivity index (χ2v) is 5.31. The fourth-order valence-electron chi connectivity index (χ4n) is 2.77. The van der Waals surface area contributed by atoms with Gasteiger partial charge in [0, 0.05) is 11.8 Å². The smallest absolute Gasteiger partial charge is 0.239 e. The summed E-state index contributed by atoms with van der Waals surface area (Å²) in [6.45, 7) is 1.95. The SMILES string of the molecule is O=C(c1noc(C2CCNCC2)n1)C1C=CCCC1. The van der Waals surface area contributed by atoms with Crippen molar-refractivity contribution in [1.82, 2.24) is 15.5 Å². The Morgan fingerprint density at radius 2 is 2.16 bits per heavy atom. The van der Waals surface area contributed by atoms with Crippen LogP contribution < -0.4 is 5.32 Å². The highest BCUT2D eigenvalue weighted by Crippen LogP contribution is 2.25. The molecule has 0 saturated carbocycles. The lowest BCUT2D eigenvalue weighted by atomic mass is 9.92. The van der Waals surface area contributed by atoms with Crippen LogP contribution in [0.2, 0.25) is 0 Å². The minimum atomic E-state index is -0.0628. The Balaban J connectivity index is 1.71. The van der Waals surface area contributed by atoms with Crippen molar-refractivity contribution < 1.29 is 9.32 Å². The Bertz CT molecular complexity index is 475. The molecule has 5 heteroatoms. The molecule has 1 aliphatic carbocycles. The third-order valence-electron chi connectivity index (χ3n) is 3.94. The second-order valence-electron chi connectivity index (χ2n) is 5.31. The topological polar surface area (TPSA) is 68.0 Å². The Morgan fingerprint density at radius 3 is 2.89 bits per heavy atom. The molecule has 1 N–H and O–H groups in total. The number of rotatable bonds is 3. The second kappa shape index (κ2) is 5.65. The van der Waals surface area contributed by atoms with Crippen LogP contribution in [-0.4, -0.2) is 29.0 Å². The summed E-state index contributed by atoms with van der Waals surface area (Å²) in [5, 5.41) is 7.18. The number of ketones is 1. The van der Waals surface area contributed by atoms with Crippen LogP contribution in [0, 0.1) is 5.92 Å². The van der Waals surface area contributed by atoms with E-state index in [4.69, 9.17) is 4.52 Å². The Morgan fingerprint density at radius 1 is 1.32 bits per heavy atom. The number of nitrogens with zero attached hydrogens (tertiary/aromatic N) is 2. The molecule has 1 fully saturated rings. The van der Waals surface area contributed by atoms with Crippen molar-refractivity contribution in [1.29, 1.82) is 0 Å². The monoisotopic (exact) mass is 261 g/mol. The first-order valence-electron chi connectivity index (χ1n) is 7.10. The number of hydrogen-bond acceptors (Lipinski definition) is 5. The molecule has 19 heavy (non-hydrogen) atoms. The van der Waals surface area contributed by atoms with E-state index in [0.29, 0.717) is 11.8 Å². The van der Waals surface area contributed by atoms with Gasteiger partial charge in [0.05, 0.1) is 0 Å².